The lowest BCUT2D eigenvalue weighted by atomic mass is 10.0. The first kappa shape index (κ1) is 10.4. The van der Waals surface area contributed by atoms with Crippen LogP contribution in [0.25, 0.3) is 0 Å². The SMILES string of the molecule is C=C(C(=O)O)C(F)(F)c1ccccc1. The summed E-state index contributed by atoms with van der Waals surface area (Å²) in [5, 5.41) is 8.40. The van der Waals surface area contributed by atoms with Crippen LogP contribution in [0.5, 0.6) is 0 Å². The molecule has 0 saturated carbocycles. The van der Waals surface area contributed by atoms with E-state index in [0.717, 1.165) is 12.1 Å². The minimum Gasteiger partial charge on any atom is -0.478 e. The van der Waals surface area contributed by atoms with Gasteiger partial charge in [-0.05, 0) is 0 Å². The largest absolute Gasteiger partial charge is 0.478 e. The molecule has 1 aromatic rings. The molecule has 0 atom stereocenters. The van der Waals surface area contributed by atoms with Gasteiger partial charge < -0.3 is 5.11 Å². The molecule has 0 bridgehead atoms. The Morgan fingerprint density at radius 2 is 1.79 bits per heavy atom. The molecule has 0 aliphatic rings. The van der Waals surface area contributed by atoms with E-state index in [0.29, 0.717) is 0 Å². The van der Waals surface area contributed by atoms with Gasteiger partial charge in [0.25, 0.3) is 0 Å². The van der Waals surface area contributed by atoms with Gasteiger partial charge in [-0.1, -0.05) is 36.9 Å². The van der Waals surface area contributed by atoms with Gasteiger partial charge in [0.2, 0.25) is 0 Å². The minimum atomic E-state index is -3.52. The second kappa shape index (κ2) is 3.57. The number of aliphatic carboxylic acids is 1. The fraction of sp³-hybridized carbons (Fsp3) is 0.100. The highest BCUT2D eigenvalue weighted by atomic mass is 19.3. The molecule has 1 aromatic carbocycles. The summed E-state index contributed by atoms with van der Waals surface area (Å²) >= 11 is 0. The molecule has 0 spiro atoms. The zero-order valence-electron chi connectivity index (χ0n) is 7.21. The van der Waals surface area contributed by atoms with Gasteiger partial charge >= 0.3 is 11.9 Å². The van der Waals surface area contributed by atoms with E-state index in [1.165, 1.54) is 12.1 Å². The topological polar surface area (TPSA) is 37.3 Å². The molecular formula is C10H8F2O2. The van der Waals surface area contributed by atoms with Crippen LogP contribution < -0.4 is 0 Å². The van der Waals surface area contributed by atoms with Crippen molar-refractivity contribution in [3.8, 4) is 0 Å². The predicted octanol–water partition coefficient (Wildman–Crippen LogP) is 2.42. The van der Waals surface area contributed by atoms with Gasteiger partial charge in [-0.2, -0.15) is 8.78 Å². The molecule has 0 amide bonds. The van der Waals surface area contributed by atoms with Crippen molar-refractivity contribution in [2.24, 2.45) is 0 Å². The number of carboxylic acids is 1. The zero-order valence-corrected chi connectivity index (χ0v) is 7.21. The molecule has 14 heavy (non-hydrogen) atoms. The van der Waals surface area contributed by atoms with E-state index in [9.17, 15) is 13.6 Å². The highest BCUT2D eigenvalue weighted by Crippen LogP contribution is 2.34. The van der Waals surface area contributed by atoms with E-state index in [2.05, 4.69) is 6.58 Å². The van der Waals surface area contributed by atoms with Crippen LogP contribution in [0, 0.1) is 0 Å². The van der Waals surface area contributed by atoms with Crippen LogP contribution in [-0.2, 0) is 10.7 Å². The van der Waals surface area contributed by atoms with Crippen LogP contribution in [0.4, 0.5) is 8.78 Å². The Morgan fingerprint density at radius 1 is 1.29 bits per heavy atom. The Labute approximate surface area is 79.5 Å². The molecule has 0 aromatic heterocycles. The van der Waals surface area contributed by atoms with Crippen LogP contribution >= 0.6 is 0 Å². The van der Waals surface area contributed by atoms with Crippen LogP contribution in [0.15, 0.2) is 42.5 Å². The third-order valence-corrected chi connectivity index (χ3v) is 1.77. The van der Waals surface area contributed by atoms with E-state index < -0.39 is 17.5 Å². The Morgan fingerprint density at radius 3 is 2.21 bits per heavy atom. The molecule has 1 N–H and O–H groups in total. The van der Waals surface area contributed by atoms with E-state index in [1.54, 1.807) is 6.07 Å². The van der Waals surface area contributed by atoms with Gasteiger partial charge in [0, 0.05) is 5.56 Å². The summed E-state index contributed by atoms with van der Waals surface area (Å²) in [6.07, 6.45) is 0. The summed E-state index contributed by atoms with van der Waals surface area (Å²) in [6.45, 7) is 2.85. The highest BCUT2D eigenvalue weighted by Gasteiger charge is 2.38. The van der Waals surface area contributed by atoms with Crippen LogP contribution in [0.3, 0.4) is 0 Å². The summed E-state index contributed by atoms with van der Waals surface area (Å²) < 4.78 is 26.6. The van der Waals surface area contributed by atoms with Crippen LogP contribution in [-0.4, -0.2) is 11.1 Å². The first-order valence-corrected chi connectivity index (χ1v) is 3.82. The third-order valence-electron chi connectivity index (χ3n) is 1.77. The minimum absolute atomic E-state index is 0.368. The summed E-state index contributed by atoms with van der Waals surface area (Å²) in [4.78, 5) is 10.3. The van der Waals surface area contributed by atoms with Gasteiger partial charge in [0.1, 0.15) is 5.57 Å². The van der Waals surface area contributed by atoms with Crippen molar-refractivity contribution in [1.29, 1.82) is 0 Å². The number of alkyl halides is 2. The summed E-state index contributed by atoms with van der Waals surface area (Å²) in [6, 6.07) is 6.72. The first-order valence-electron chi connectivity index (χ1n) is 3.82. The van der Waals surface area contributed by atoms with Gasteiger partial charge in [-0.25, -0.2) is 4.79 Å². The van der Waals surface area contributed by atoms with Crippen molar-refractivity contribution in [2.75, 3.05) is 0 Å². The van der Waals surface area contributed by atoms with Crippen molar-refractivity contribution in [1.82, 2.24) is 0 Å². The standard InChI is InChI=1S/C10H8F2O2/c1-7(9(13)14)10(11,12)8-5-3-2-4-6-8/h2-6H,1H2,(H,13,14). The number of halogens is 2. The molecule has 0 saturated heterocycles. The molecule has 0 unspecified atom stereocenters. The molecule has 0 radical (unpaired) electrons. The van der Waals surface area contributed by atoms with Crippen molar-refractivity contribution >= 4 is 5.97 Å². The summed E-state index contributed by atoms with van der Waals surface area (Å²) in [7, 11) is 0. The Hall–Kier alpha value is -1.71. The zero-order chi connectivity index (χ0) is 10.8. The average Bonchev–Trinajstić information content (AvgIpc) is 2.18. The fourth-order valence-electron chi connectivity index (χ4n) is 0.956. The Bertz CT molecular complexity index is 358. The number of rotatable bonds is 3. The quantitative estimate of drug-likeness (QED) is 0.757. The van der Waals surface area contributed by atoms with Gasteiger partial charge in [0.15, 0.2) is 0 Å². The number of carbonyl (C=O) groups is 1. The smallest absolute Gasteiger partial charge is 0.337 e. The number of hydrogen-bond acceptors (Lipinski definition) is 1. The third kappa shape index (κ3) is 1.79. The maximum Gasteiger partial charge on any atom is 0.337 e. The maximum absolute atomic E-state index is 13.3. The lowest BCUT2D eigenvalue weighted by Gasteiger charge is -2.15. The lowest BCUT2D eigenvalue weighted by molar-refractivity contribution is -0.136. The van der Waals surface area contributed by atoms with Crippen molar-refractivity contribution < 1.29 is 18.7 Å². The molecule has 4 heteroatoms. The van der Waals surface area contributed by atoms with Crippen molar-refractivity contribution in [3.05, 3.63) is 48.0 Å². The molecule has 0 heterocycles. The number of hydrogen-bond donors (Lipinski definition) is 1. The van der Waals surface area contributed by atoms with Crippen LogP contribution in [0.2, 0.25) is 0 Å². The number of carboxylic acid groups (broad SMARTS) is 1. The molecule has 0 fully saturated rings. The van der Waals surface area contributed by atoms with Crippen LogP contribution in [0.1, 0.15) is 5.56 Å². The summed E-state index contributed by atoms with van der Waals surface area (Å²) in [5.74, 6) is -5.22. The summed E-state index contributed by atoms with van der Waals surface area (Å²) in [5.41, 5.74) is -1.49. The van der Waals surface area contributed by atoms with Gasteiger partial charge in [0.05, 0.1) is 0 Å². The second-order valence-electron chi connectivity index (χ2n) is 2.72. The molecule has 1 rings (SSSR count). The second-order valence-corrected chi connectivity index (χ2v) is 2.72. The van der Waals surface area contributed by atoms with Crippen molar-refractivity contribution in [2.45, 2.75) is 5.92 Å². The van der Waals surface area contributed by atoms with E-state index in [-0.39, 0.29) is 5.56 Å². The van der Waals surface area contributed by atoms with Gasteiger partial charge in [-0.3, -0.25) is 0 Å². The monoisotopic (exact) mass is 198 g/mol. The average molecular weight is 198 g/mol. The first-order chi connectivity index (χ1) is 6.46. The van der Waals surface area contributed by atoms with E-state index >= 15 is 0 Å². The molecular weight excluding hydrogens is 190 g/mol. The Balaban J connectivity index is 3.08. The Kier molecular flexibility index (Phi) is 2.65. The van der Waals surface area contributed by atoms with E-state index in [4.69, 9.17) is 5.11 Å². The van der Waals surface area contributed by atoms with Crippen molar-refractivity contribution in [3.63, 3.8) is 0 Å². The lowest BCUT2D eigenvalue weighted by Crippen LogP contribution is -2.21. The highest BCUT2D eigenvalue weighted by molar-refractivity contribution is 5.88. The number of benzene rings is 1. The fourth-order valence-corrected chi connectivity index (χ4v) is 0.956. The molecule has 2 nitrogen and oxygen atoms in total. The van der Waals surface area contributed by atoms with E-state index in [1.807, 2.05) is 0 Å². The normalized spacial score (nSPS) is 11.0. The maximum atomic E-state index is 13.3. The molecule has 0 aliphatic carbocycles. The molecule has 74 valence electrons. The molecule has 0 aliphatic heterocycles. The van der Waals surface area contributed by atoms with Gasteiger partial charge in [-0.15, -0.1) is 0 Å². The predicted molar refractivity (Wildman–Crippen MR) is 47.1 cm³/mol.